The second kappa shape index (κ2) is 8.15. The topological polar surface area (TPSA) is 46.2 Å². The number of rotatable bonds is 8. The maximum Gasteiger partial charge on any atom is 0.148 e. The van der Waals surface area contributed by atoms with Crippen LogP contribution in [0.25, 0.3) is 0 Å². The average Bonchev–Trinajstić information content (AvgIpc) is 2.30. The van der Waals surface area contributed by atoms with E-state index in [4.69, 9.17) is 11.6 Å². The lowest BCUT2D eigenvalue weighted by atomic mass is 10.2. The van der Waals surface area contributed by atoms with Crippen LogP contribution in [0.2, 0.25) is 5.02 Å². The molecule has 1 N–H and O–H groups in total. The third kappa shape index (κ3) is 7.20. The smallest absolute Gasteiger partial charge is 0.148 e. The molecule has 1 rings (SSSR count). The minimum atomic E-state index is -2.90. The van der Waals surface area contributed by atoms with Crippen LogP contribution in [0, 0.1) is 0 Å². The summed E-state index contributed by atoms with van der Waals surface area (Å²) >= 11 is 7.57. The fourth-order valence-corrected chi connectivity index (χ4v) is 3.97. The van der Waals surface area contributed by atoms with Crippen molar-refractivity contribution in [3.8, 4) is 0 Å². The molecule has 6 heteroatoms. The van der Waals surface area contributed by atoms with Crippen LogP contribution in [0.4, 0.5) is 0 Å². The first-order chi connectivity index (χ1) is 8.92. The van der Waals surface area contributed by atoms with E-state index in [1.165, 1.54) is 6.26 Å². The molecule has 0 aliphatic rings. The van der Waals surface area contributed by atoms with E-state index < -0.39 is 9.84 Å². The molecule has 0 spiro atoms. The molecule has 3 nitrogen and oxygen atoms in total. The van der Waals surface area contributed by atoms with Crippen molar-refractivity contribution in [1.29, 1.82) is 0 Å². The van der Waals surface area contributed by atoms with Gasteiger partial charge in [0.25, 0.3) is 0 Å². The molecule has 0 saturated heterocycles. The molecule has 0 atom stereocenters. The predicted molar refractivity (Wildman–Crippen MR) is 83.9 cm³/mol. The Labute approximate surface area is 125 Å². The summed E-state index contributed by atoms with van der Waals surface area (Å²) in [5.41, 5.74) is 1.12. The molecule has 0 fully saturated rings. The molecule has 19 heavy (non-hydrogen) atoms. The molecular formula is C13H20ClNO2S2. The van der Waals surface area contributed by atoms with Crippen molar-refractivity contribution in [3.63, 3.8) is 0 Å². The maximum atomic E-state index is 11.1. The monoisotopic (exact) mass is 321 g/mol. The molecule has 0 bridgehead atoms. The van der Waals surface area contributed by atoms with Crippen molar-refractivity contribution < 1.29 is 8.42 Å². The number of hydrogen-bond acceptors (Lipinski definition) is 4. The normalized spacial score (nSPS) is 11.7. The summed E-state index contributed by atoms with van der Waals surface area (Å²) < 4.78 is 22.2. The van der Waals surface area contributed by atoms with E-state index in [0.717, 1.165) is 30.0 Å². The van der Waals surface area contributed by atoms with Gasteiger partial charge in [0.05, 0.1) is 5.75 Å². The Balaban J connectivity index is 2.65. The Morgan fingerprint density at radius 1 is 1.37 bits per heavy atom. The highest BCUT2D eigenvalue weighted by atomic mass is 35.5. The number of hydrogen-bond donors (Lipinski definition) is 1. The highest BCUT2D eigenvalue weighted by molar-refractivity contribution is 8.00. The van der Waals surface area contributed by atoms with E-state index in [-0.39, 0.29) is 5.75 Å². The predicted octanol–water partition coefficient (Wildman–Crippen LogP) is 2.98. The van der Waals surface area contributed by atoms with Gasteiger partial charge in [-0.25, -0.2) is 8.42 Å². The third-order valence-corrected chi connectivity index (χ3v) is 5.03. The highest BCUT2D eigenvalue weighted by Crippen LogP contribution is 2.26. The van der Waals surface area contributed by atoms with Gasteiger partial charge in [0, 0.05) is 28.5 Å². The molecule has 0 heterocycles. The Bertz CT molecular complexity index is 503. The van der Waals surface area contributed by atoms with Crippen LogP contribution in [0.5, 0.6) is 0 Å². The zero-order valence-electron chi connectivity index (χ0n) is 11.3. The first kappa shape index (κ1) is 16.8. The quantitative estimate of drug-likeness (QED) is 0.590. The Kier molecular flexibility index (Phi) is 7.21. The average molecular weight is 322 g/mol. The highest BCUT2D eigenvalue weighted by Gasteiger charge is 2.07. The summed E-state index contributed by atoms with van der Waals surface area (Å²) in [6, 6.07) is 5.74. The van der Waals surface area contributed by atoms with Crippen molar-refractivity contribution in [3.05, 3.63) is 28.8 Å². The van der Waals surface area contributed by atoms with Gasteiger partial charge in [0.2, 0.25) is 0 Å². The van der Waals surface area contributed by atoms with E-state index in [0.29, 0.717) is 10.8 Å². The summed E-state index contributed by atoms with van der Waals surface area (Å²) in [6.07, 6.45) is 2.34. The molecule has 1 aromatic carbocycles. The van der Waals surface area contributed by atoms with Crippen LogP contribution < -0.4 is 5.32 Å². The molecule has 0 unspecified atom stereocenters. The zero-order valence-corrected chi connectivity index (χ0v) is 13.7. The van der Waals surface area contributed by atoms with Crippen molar-refractivity contribution in [1.82, 2.24) is 5.32 Å². The summed E-state index contributed by atoms with van der Waals surface area (Å²) in [5, 5.41) is 4.04. The van der Waals surface area contributed by atoms with Gasteiger partial charge >= 0.3 is 0 Å². The summed E-state index contributed by atoms with van der Waals surface area (Å²) in [7, 11) is -2.90. The van der Waals surface area contributed by atoms with Crippen LogP contribution in [0.15, 0.2) is 23.1 Å². The van der Waals surface area contributed by atoms with E-state index in [2.05, 4.69) is 12.2 Å². The lowest BCUT2D eigenvalue weighted by molar-refractivity contribution is 0.603. The van der Waals surface area contributed by atoms with E-state index in [1.807, 2.05) is 18.2 Å². The first-order valence-corrected chi connectivity index (χ1v) is 9.64. The van der Waals surface area contributed by atoms with Gasteiger partial charge in [-0.2, -0.15) is 0 Å². The van der Waals surface area contributed by atoms with Crippen LogP contribution in [0.1, 0.15) is 18.9 Å². The molecule has 0 aliphatic heterocycles. The van der Waals surface area contributed by atoms with Crippen molar-refractivity contribution >= 4 is 33.2 Å². The third-order valence-electron chi connectivity index (χ3n) is 2.48. The van der Waals surface area contributed by atoms with Crippen molar-refractivity contribution in [2.75, 3.05) is 24.3 Å². The molecule has 0 amide bonds. The standard InChI is InChI=1S/C13H20ClNO2S2/c1-3-6-15-10-11-9-12(14)4-5-13(11)18-7-8-19(2,16)17/h4-5,9,15H,3,6-8,10H2,1-2H3. The Morgan fingerprint density at radius 2 is 2.11 bits per heavy atom. The number of nitrogens with one attached hydrogen (secondary N) is 1. The van der Waals surface area contributed by atoms with Gasteiger partial charge in [-0.15, -0.1) is 11.8 Å². The van der Waals surface area contributed by atoms with Crippen molar-refractivity contribution in [2.45, 2.75) is 24.8 Å². The fraction of sp³-hybridized carbons (Fsp3) is 0.538. The lowest BCUT2D eigenvalue weighted by Crippen LogP contribution is -2.14. The van der Waals surface area contributed by atoms with E-state index in [1.54, 1.807) is 11.8 Å². The van der Waals surface area contributed by atoms with Crippen LogP contribution >= 0.6 is 23.4 Å². The second-order valence-electron chi connectivity index (χ2n) is 4.41. The Morgan fingerprint density at radius 3 is 2.74 bits per heavy atom. The van der Waals surface area contributed by atoms with E-state index >= 15 is 0 Å². The zero-order chi connectivity index (χ0) is 14.3. The largest absolute Gasteiger partial charge is 0.313 e. The number of halogens is 1. The van der Waals surface area contributed by atoms with Crippen molar-refractivity contribution in [2.24, 2.45) is 0 Å². The molecule has 0 saturated carbocycles. The molecule has 0 radical (unpaired) electrons. The molecule has 0 aromatic heterocycles. The van der Waals surface area contributed by atoms with Gasteiger partial charge in [0.1, 0.15) is 9.84 Å². The van der Waals surface area contributed by atoms with Gasteiger partial charge in [0.15, 0.2) is 0 Å². The number of sulfone groups is 1. The first-order valence-electron chi connectivity index (χ1n) is 6.22. The second-order valence-corrected chi connectivity index (χ2v) is 8.24. The molecule has 108 valence electrons. The minimum Gasteiger partial charge on any atom is -0.313 e. The fourth-order valence-electron chi connectivity index (χ4n) is 1.53. The van der Waals surface area contributed by atoms with Gasteiger partial charge in [-0.05, 0) is 36.7 Å². The summed E-state index contributed by atoms with van der Waals surface area (Å²) in [6.45, 7) is 3.84. The molecule has 0 aliphatic carbocycles. The SMILES string of the molecule is CCCNCc1cc(Cl)ccc1SCCS(C)(=O)=O. The van der Waals surface area contributed by atoms with Crippen LogP contribution in [-0.4, -0.2) is 32.7 Å². The van der Waals surface area contributed by atoms with Gasteiger partial charge in [-0.1, -0.05) is 18.5 Å². The van der Waals surface area contributed by atoms with Crippen LogP contribution in [0.3, 0.4) is 0 Å². The van der Waals surface area contributed by atoms with E-state index in [9.17, 15) is 8.42 Å². The van der Waals surface area contributed by atoms with Crippen LogP contribution in [-0.2, 0) is 16.4 Å². The minimum absolute atomic E-state index is 0.197. The number of benzene rings is 1. The lowest BCUT2D eigenvalue weighted by Gasteiger charge is -2.10. The summed E-state index contributed by atoms with van der Waals surface area (Å²) in [5.74, 6) is 0.767. The Hall–Kier alpha value is -0.230. The molecule has 1 aromatic rings. The maximum absolute atomic E-state index is 11.1. The van der Waals surface area contributed by atoms with Gasteiger partial charge < -0.3 is 5.32 Å². The summed E-state index contributed by atoms with van der Waals surface area (Å²) in [4.78, 5) is 1.09. The number of thioether (sulfide) groups is 1. The molecular weight excluding hydrogens is 302 g/mol. The van der Waals surface area contributed by atoms with Gasteiger partial charge in [-0.3, -0.25) is 0 Å².